The van der Waals surface area contributed by atoms with Crippen LogP contribution in [0.25, 0.3) is 0 Å². The second-order valence-electron chi connectivity index (χ2n) is 4.31. The zero-order valence-corrected chi connectivity index (χ0v) is 12.4. The first-order valence-corrected chi connectivity index (χ1v) is 8.72. The molecule has 1 saturated heterocycles. The highest BCUT2D eigenvalue weighted by Gasteiger charge is 2.13. The molecule has 5 heteroatoms. The van der Waals surface area contributed by atoms with Gasteiger partial charge >= 0.3 is 0 Å². The Morgan fingerprint density at radius 1 is 1.39 bits per heavy atom. The third kappa shape index (κ3) is 4.61. The van der Waals surface area contributed by atoms with Crippen LogP contribution < -0.4 is 10.6 Å². The minimum absolute atomic E-state index is 0.740. The number of nitrogens with zero attached hydrogens (tertiary/aromatic N) is 1. The van der Waals surface area contributed by atoms with Crippen LogP contribution in [0.3, 0.4) is 0 Å². The van der Waals surface area contributed by atoms with Crippen LogP contribution in [0, 0.1) is 0 Å². The summed E-state index contributed by atoms with van der Waals surface area (Å²) in [6, 6.07) is 4.13. The van der Waals surface area contributed by atoms with Crippen molar-refractivity contribution in [2.45, 2.75) is 18.6 Å². The van der Waals surface area contributed by atoms with Crippen molar-refractivity contribution in [1.82, 2.24) is 4.98 Å². The Kier molecular flexibility index (Phi) is 6.00. The van der Waals surface area contributed by atoms with E-state index in [1.807, 2.05) is 12.3 Å². The van der Waals surface area contributed by atoms with Crippen LogP contribution in [0.4, 0.5) is 11.5 Å². The summed E-state index contributed by atoms with van der Waals surface area (Å²) < 4.78 is 0. The lowest BCUT2D eigenvalue weighted by molar-refractivity contribution is 0.967. The maximum Gasteiger partial charge on any atom is 0.127 e. The van der Waals surface area contributed by atoms with Crippen LogP contribution in [0.15, 0.2) is 18.3 Å². The first kappa shape index (κ1) is 13.9. The Hall–Kier alpha value is -0.550. The average Bonchev–Trinajstić information content (AvgIpc) is 2.44. The zero-order chi connectivity index (χ0) is 12.6. The molecule has 1 fully saturated rings. The second kappa shape index (κ2) is 7.79. The molecule has 3 nitrogen and oxygen atoms in total. The predicted octanol–water partition coefficient (Wildman–Crippen LogP) is 3.16. The largest absolute Gasteiger partial charge is 0.384 e. The third-order valence-electron chi connectivity index (χ3n) is 2.73. The Morgan fingerprint density at radius 2 is 2.33 bits per heavy atom. The van der Waals surface area contributed by atoms with Crippen molar-refractivity contribution in [3.8, 4) is 0 Å². The molecule has 18 heavy (non-hydrogen) atoms. The number of pyridine rings is 1. The highest BCUT2D eigenvalue weighted by molar-refractivity contribution is 8.06. The molecule has 0 aliphatic carbocycles. The average molecular weight is 283 g/mol. The van der Waals surface area contributed by atoms with E-state index in [0.29, 0.717) is 0 Å². The highest BCUT2D eigenvalue weighted by atomic mass is 32.2. The molecule has 2 heterocycles. The van der Waals surface area contributed by atoms with E-state index in [-0.39, 0.29) is 0 Å². The van der Waals surface area contributed by atoms with E-state index in [4.69, 9.17) is 0 Å². The van der Waals surface area contributed by atoms with Gasteiger partial charge in [-0.15, -0.1) is 0 Å². The quantitative estimate of drug-likeness (QED) is 0.839. The summed E-state index contributed by atoms with van der Waals surface area (Å²) >= 11 is 4.15. The molecule has 0 saturated carbocycles. The van der Waals surface area contributed by atoms with Crippen molar-refractivity contribution in [1.29, 1.82) is 0 Å². The van der Waals surface area contributed by atoms with E-state index in [2.05, 4.69) is 52.1 Å². The smallest absolute Gasteiger partial charge is 0.127 e. The van der Waals surface area contributed by atoms with Gasteiger partial charge in [-0.2, -0.15) is 23.5 Å². The summed E-state index contributed by atoms with van der Waals surface area (Å²) in [7, 11) is 0. The van der Waals surface area contributed by atoms with Crippen molar-refractivity contribution in [3.63, 3.8) is 0 Å². The fourth-order valence-corrected chi connectivity index (χ4v) is 4.39. The molecular weight excluding hydrogens is 262 g/mol. The van der Waals surface area contributed by atoms with Gasteiger partial charge in [-0.3, -0.25) is 0 Å². The van der Waals surface area contributed by atoms with Gasteiger partial charge in [0, 0.05) is 53.5 Å². The Balaban J connectivity index is 1.80. The molecule has 1 unspecified atom stereocenters. The minimum atomic E-state index is 0.740. The molecule has 0 amide bonds. The van der Waals surface area contributed by atoms with Crippen LogP contribution in [0.5, 0.6) is 0 Å². The normalized spacial score (nSPS) is 19.5. The number of thioether (sulfide) groups is 2. The van der Waals surface area contributed by atoms with Crippen molar-refractivity contribution in [2.75, 3.05) is 41.0 Å². The van der Waals surface area contributed by atoms with Crippen molar-refractivity contribution in [3.05, 3.63) is 18.3 Å². The molecule has 0 aromatic carbocycles. The van der Waals surface area contributed by atoms with Crippen LogP contribution in [-0.2, 0) is 0 Å². The Bertz CT molecular complexity index is 354. The highest BCUT2D eigenvalue weighted by Crippen LogP contribution is 2.24. The van der Waals surface area contributed by atoms with Gasteiger partial charge in [0.2, 0.25) is 0 Å². The van der Waals surface area contributed by atoms with Crippen molar-refractivity contribution in [2.24, 2.45) is 0 Å². The van der Waals surface area contributed by atoms with Crippen molar-refractivity contribution < 1.29 is 0 Å². The van der Waals surface area contributed by atoms with Gasteiger partial charge < -0.3 is 10.6 Å². The summed E-state index contributed by atoms with van der Waals surface area (Å²) in [5.74, 6) is 4.83. The number of hydrogen-bond acceptors (Lipinski definition) is 5. The molecule has 0 bridgehead atoms. The standard InChI is InChI=1S/C13H21N3S2/c1-2-4-14-13-8-11(3-5-15-13)16-9-12-10-17-6-7-18-12/h3,5,8,12H,2,4,6-7,9-10H2,1H3,(H2,14,15,16). The number of aromatic nitrogens is 1. The number of rotatable bonds is 6. The fraction of sp³-hybridized carbons (Fsp3) is 0.615. The topological polar surface area (TPSA) is 37.0 Å². The molecule has 2 N–H and O–H groups in total. The number of hydrogen-bond donors (Lipinski definition) is 2. The maximum atomic E-state index is 4.31. The van der Waals surface area contributed by atoms with Gasteiger partial charge in [-0.05, 0) is 12.5 Å². The summed E-state index contributed by atoms with van der Waals surface area (Å²) in [6.45, 7) is 4.19. The monoisotopic (exact) mass is 283 g/mol. The van der Waals surface area contributed by atoms with Gasteiger partial charge in [0.1, 0.15) is 5.82 Å². The zero-order valence-electron chi connectivity index (χ0n) is 10.8. The van der Waals surface area contributed by atoms with Crippen LogP contribution in [-0.4, -0.2) is 40.6 Å². The van der Waals surface area contributed by atoms with E-state index >= 15 is 0 Å². The molecule has 1 atom stereocenters. The first-order chi connectivity index (χ1) is 8.88. The van der Waals surface area contributed by atoms with Crippen LogP contribution >= 0.6 is 23.5 Å². The maximum absolute atomic E-state index is 4.31. The van der Waals surface area contributed by atoms with E-state index in [0.717, 1.165) is 30.6 Å². The van der Waals surface area contributed by atoms with E-state index in [9.17, 15) is 0 Å². The minimum Gasteiger partial charge on any atom is -0.384 e. The van der Waals surface area contributed by atoms with E-state index in [1.54, 1.807) is 0 Å². The molecule has 1 aromatic rings. The van der Waals surface area contributed by atoms with E-state index < -0.39 is 0 Å². The van der Waals surface area contributed by atoms with Crippen LogP contribution in [0.2, 0.25) is 0 Å². The van der Waals surface area contributed by atoms with Gasteiger partial charge in [-0.1, -0.05) is 6.92 Å². The lowest BCUT2D eigenvalue weighted by Crippen LogP contribution is -2.23. The Labute approximate surface area is 118 Å². The molecule has 100 valence electrons. The van der Waals surface area contributed by atoms with Gasteiger partial charge in [0.25, 0.3) is 0 Å². The summed E-state index contributed by atoms with van der Waals surface area (Å²) in [5, 5.41) is 7.57. The van der Waals surface area contributed by atoms with Crippen LogP contribution in [0.1, 0.15) is 13.3 Å². The third-order valence-corrected chi connectivity index (χ3v) is 5.58. The first-order valence-electron chi connectivity index (χ1n) is 6.51. The second-order valence-corrected chi connectivity index (χ2v) is 6.86. The molecular formula is C13H21N3S2. The number of anilines is 2. The SMILES string of the molecule is CCCNc1cc(NCC2CSCCS2)ccn1. The van der Waals surface area contributed by atoms with E-state index in [1.165, 1.54) is 22.9 Å². The summed E-state index contributed by atoms with van der Waals surface area (Å²) in [6.07, 6.45) is 2.98. The van der Waals surface area contributed by atoms with Gasteiger partial charge in [0.15, 0.2) is 0 Å². The lowest BCUT2D eigenvalue weighted by atomic mass is 10.3. The molecule has 2 rings (SSSR count). The summed E-state index contributed by atoms with van der Waals surface area (Å²) in [4.78, 5) is 4.31. The molecule has 0 radical (unpaired) electrons. The predicted molar refractivity (Wildman–Crippen MR) is 85.1 cm³/mol. The van der Waals surface area contributed by atoms with Gasteiger partial charge in [0.05, 0.1) is 0 Å². The fourth-order valence-electron chi connectivity index (χ4n) is 1.78. The molecule has 1 aliphatic heterocycles. The van der Waals surface area contributed by atoms with Gasteiger partial charge in [-0.25, -0.2) is 4.98 Å². The Morgan fingerprint density at radius 3 is 3.11 bits per heavy atom. The molecule has 1 aliphatic rings. The summed E-state index contributed by atoms with van der Waals surface area (Å²) in [5.41, 5.74) is 1.17. The molecule has 1 aromatic heterocycles. The van der Waals surface area contributed by atoms with Crippen molar-refractivity contribution >= 4 is 35.0 Å². The molecule has 0 spiro atoms. The number of nitrogens with one attached hydrogen (secondary N) is 2. The lowest BCUT2D eigenvalue weighted by Gasteiger charge is -2.21.